The summed E-state index contributed by atoms with van der Waals surface area (Å²) in [6.07, 6.45) is 1.70. The second-order valence-corrected chi connectivity index (χ2v) is 4.82. The first kappa shape index (κ1) is 12.3. The van der Waals surface area contributed by atoms with Crippen LogP contribution in [0.15, 0.2) is 47.5 Å². The monoisotopic (exact) mass is 265 g/mol. The fourth-order valence-electron chi connectivity index (χ4n) is 1.36. The Hall–Kier alpha value is -1.19. The van der Waals surface area contributed by atoms with Gasteiger partial charge in [-0.2, -0.15) is 0 Å². The molecular weight excluding hydrogens is 254 g/mol. The van der Waals surface area contributed by atoms with Gasteiger partial charge in [0.15, 0.2) is 0 Å². The van der Waals surface area contributed by atoms with E-state index in [1.165, 1.54) is 4.90 Å². The van der Waals surface area contributed by atoms with Gasteiger partial charge in [-0.1, -0.05) is 17.7 Å². The largest absolute Gasteiger partial charge is 0.497 e. The van der Waals surface area contributed by atoms with Gasteiger partial charge in [0.1, 0.15) is 10.9 Å². The van der Waals surface area contributed by atoms with Crippen LogP contribution in [0, 0.1) is 0 Å². The van der Waals surface area contributed by atoms with Crippen molar-refractivity contribution in [1.82, 2.24) is 4.98 Å². The first-order chi connectivity index (χ1) is 8.29. The van der Waals surface area contributed by atoms with Gasteiger partial charge in [-0.05, 0) is 35.9 Å². The van der Waals surface area contributed by atoms with Gasteiger partial charge in [-0.25, -0.2) is 4.98 Å². The summed E-state index contributed by atoms with van der Waals surface area (Å²) in [5.74, 6) is 1.69. The van der Waals surface area contributed by atoms with Crippen LogP contribution in [-0.2, 0) is 5.75 Å². The number of thioether (sulfide) groups is 1. The lowest BCUT2D eigenvalue weighted by molar-refractivity contribution is 0.414. The number of nitrogens with zero attached hydrogens (tertiary/aromatic N) is 1. The fourth-order valence-corrected chi connectivity index (χ4v) is 2.51. The van der Waals surface area contributed by atoms with Crippen LogP contribution in [-0.4, -0.2) is 12.1 Å². The van der Waals surface area contributed by atoms with Crippen molar-refractivity contribution in [3.05, 3.63) is 53.3 Å². The molecule has 0 bridgehead atoms. The van der Waals surface area contributed by atoms with E-state index in [0.717, 1.165) is 17.1 Å². The molecule has 0 atom stereocenters. The molecule has 0 unspecified atom stereocenters. The van der Waals surface area contributed by atoms with Crippen LogP contribution in [0.2, 0.25) is 5.15 Å². The Labute approximate surface area is 110 Å². The zero-order valence-corrected chi connectivity index (χ0v) is 11.0. The van der Waals surface area contributed by atoms with Gasteiger partial charge >= 0.3 is 0 Å². The number of halogens is 1. The Balaban J connectivity index is 2.00. The molecule has 2 rings (SSSR count). The molecule has 2 aromatic rings. The highest BCUT2D eigenvalue weighted by Crippen LogP contribution is 2.26. The normalized spacial score (nSPS) is 10.2. The van der Waals surface area contributed by atoms with E-state index in [0.29, 0.717) is 5.15 Å². The molecule has 0 fully saturated rings. The highest BCUT2D eigenvalue weighted by atomic mass is 35.5. The van der Waals surface area contributed by atoms with Crippen LogP contribution < -0.4 is 4.74 Å². The van der Waals surface area contributed by atoms with Gasteiger partial charge in [0.25, 0.3) is 0 Å². The third-order valence-corrected chi connectivity index (χ3v) is 3.69. The van der Waals surface area contributed by atoms with Crippen LogP contribution in [0.5, 0.6) is 5.75 Å². The molecule has 1 aromatic heterocycles. The van der Waals surface area contributed by atoms with Crippen LogP contribution in [0.1, 0.15) is 5.56 Å². The third-order valence-electron chi connectivity index (χ3n) is 2.29. The van der Waals surface area contributed by atoms with Crippen molar-refractivity contribution < 1.29 is 4.74 Å². The molecule has 1 heterocycles. The number of rotatable bonds is 4. The smallest absolute Gasteiger partial charge is 0.133 e. The summed E-state index contributed by atoms with van der Waals surface area (Å²) in [5.41, 5.74) is 1.05. The zero-order chi connectivity index (χ0) is 12.1. The molecule has 17 heavy (non-hydrogen) atoms. The number of pyridine rings is 1. The fraction of sp³-hybridized carbons (Fsp3) is 0.154. The van der Waals surface area contributed by atoms with Crippen molar-refractivity contribution in [2.45, 2.75) is 10.6 Å². The Morgan fingerprint density at radius 2 is 2.00 bits per heavy atom. The van der Waals surface area contributed by atoms with Crippen LogP contribution in [0.3, 0.4) is 0 Å². The first-order valence-corrected chi connectivity index (χ1v) is 6.52. The van der Waals surface area contributed by atoms with Crippen molar-refractivity contribution in [1.29, 1.82) is 0 Å². The lowest BCUT2D eigenvalue weighted by atomic mass is 10.3. The molecule has 0 radical (unpaired) electrons. The molecule has 0 aliphatic carbocycles. The summed E-state index contributed by atoms with van der Waals surface area (Å²) < 4.78 is 5.11. The summed E-state index contributed by atoms with van der Waals surface area (Å²) in [6.45, 7) is 0. The minimum absolute atomic E-state index is 0.577. The molecule has 0 amide bonds. The van der Waals surface area contributed by atoms with E-state index < -0.39 is 0 Å². The summed E-state index contributed by atoms with van der Waals surface area (Å²) in [4.78, 5) is 5.24. The van der Waals surface area contributed by atoms with E-state index in [2.05, 4.69) is 4.98 Å². The number of benzene rings is 1. The van der Waals surface area contributed by atoms with Crippen molar-refractivity contribution in [2.24, 2.45) is 0 Å². The SMILES string of the molecule is COc1ccc(SCc2cccnc2Cl)cc1. The van der Waals surface area contributed by atoms with Crippen molar-refractivity contribution >= 4 is 23.4 Å². The van der Waals surface area contributed by atoms with E-state index in [1.54, 1.807) is 25.1 Å². The predicted molar refractivity (Wildman–Crippen MR) is 71.8 cm³/mol. The van der Waals surface area contributed by atoms with Crippen LogP contribution >= 0.6 is 23.4 Å². The molecule has 4 heteroatoms. The summed E-state index contributed by atoms with van der Waals surface area (Å²) in [7, 11) is 1.66. The topological polar surface area (TPSA) is 22.1 Å². The molecule has 0 saturated heterocycles. The zero-order valence-electron chi connectivity index (χ0n) is 9.39. The van der Waals surface area contributed by atoms with Crippen molar-refractivity contribution in [3.8, 4) is 5.75 Å². The maximum absolute atomic E-state index is 5.99. The predicted octanol–water partition coefficient (Wildman–Crippen LogP) is 4.04. The number of aromatic nitrogens is 1. The van der Waals surface area contributed by atoms with E-state index in [9.17, 15) is 0 Å². The van der Waals surface area contributed by atoms with E-state index in [4.69, 9.17) is 16.3 Å². The molecule has 1 aromatic carbocycles. The molecule has 0 aliphatic heterocycles. The Bertz CT molecular complexity index is 487. The molecule has 0 aliphatic rings. The summed E-state index contributed by atoms with van der Waals surface area (Å²) >= 11 is 7.72. The summed E-state index contributed by atoms with van der Waals surface area (Å²) in [5, 5.41) is 0.577. The quantitative estimate of drug-likeness (QED) is 0.615. The third kappa shape index (κ3) is 3.38. The second kappa shape index (κ2) is 5.94. The highest BCUT2D eigenvalue weighted by molar-refractivity contribution is 7.98. The standard InChI is InChI=1S/C13H12ClNOS/c1-16-11-4-6-12(7-5-11)17-9-10-3-2-8-15-13(10)14/h2-8H,9H2,1H3. The van der Waals surface area contributed by atoms with Crippen LogP contribution in [0.25, 0.3) is 0 Å². The van der Waals surface area contributed by atoms with Gasteiger partial charge in [0.05, 0.1) is 7.11 Å². The molecule has 0 spiro atoms. The van der Waals surface area contributed by atoms with E-state index in [-0.39, 0.29) is 0 Å². The van der Waals surface area contributed by atoms with Gasteiger partial charge in [-0.15, -0.1) is 11.8 Å². The molecule has 0 N–H and O–H groups in total. The van der Waals surface area contributed by atoms with E-state index in [1.807, 2.05) is 36.4 Å². The lowest BCUT2D eigenvalue weighted by Crippen LogP contribution is -1.85. The van der Waals surface area contributed by atoms with Gasteiger partial charge < -0.3 is 4.74 Å². The first-order valence-electron chi connectivity index (χ1n) is 5.16. The maximum Gasteiger partial charge on any atom is 0.133 e. The molecular formula is C13H12ClNOS. The molecule has 0 saturated carbocycles. The number of hydrogen-bond donors (Lipinski definition) is 0. The average molecular weight is 266 g/mol. The number of ether oxygens (including phenoxy) is 1. The van der Waals surface area contributed by atoms with Crippen LogP contribution in [0.4, 0.5) is 0 Å². The van der Waals surface area contributed by atoms with Crippen molar-refractivity contribution in [3.63, 3.8) is 0 Å². The minimum atomic E-state index is 0.577. The minimum Gasteiger partial charge on any atom is -0.497 e. The van der Waals surface area contributed by atoms with Gasteiger partial charge in [0, 0.05) is 16.8 Å². The highest BCUT2D eigenvalue weighted by Gasteiger charge is 2.01. The Kier molecular flexibility index (Phi) is 4.29. The number of hydrogen-bond acceptors (Lipinski definition) is 3. The second-order valence-electron chi connectivity index (χ2n) is 3.42. The Morgan fingerprint density at radius 3 is 2.65 bits per heavy atom. The Morgan fingerprint density at radius 1 is 1.24 bits per heavy atom. The summed E-state index contributed by atoms with van der Waals surface area (Å²) in [6, 6.07) is 11.9. The molecule has 88 valence electrons. The maximum atomic E-state index is 5.99. The molecule has 2 nitrogen and oxygen atoms in total. The number of methoxy groups -OCH3 is 1. The average Bonchev–Trinajstić information content (AvgIpc) is 2.38. The van der Waals surface area contributed by atoms with E-state index >= 15 is 0 Å². The van der Waals surface area contributed by atoms with Crippen molar-refractivity contribution in [2.75, 3.05) is 7.11 Å². The van der Waals surface area contributed by atoms with Gasteiger partial charge in [-0.3, -0.25) is 0 Å². The van der Waals surface area contributed by atoms with Gasteiger partial charge in [0.2, 0.25) is 0 Å². The lowest BCUT2D eigenvalue weighted by Gasteiger charge is -2.04.